The number of nitrogens with two attached hydrogens (primary N) is 1. The quantitative estimate of drug-likeness (QED) is 0.102. The number of nitrogens with zero attached hydrogens (tertiary/aromatic N) is 6. The summed E-state index contributed by atoms with van der Waals surface area (Å²) in [6, 6.07) is 11.1. The van der Waals surface area contributed by atoms with Crippen LogP contribution in [0, 0.1) is 0 Å². The van der Waals surface area contributed by atoms with Crippen LogP contribution in [-0.2, 0) is 16.0 Å². The molecule has 5 unspecified atom stereocenters. The molecule has 0 aliphatic carbocycles. The van der Waals surface area contributed by atoms with Crippen molar-refractivity contribution >= 4 is 34.8 Å². The molecule has 8 rings (SSSR count). The molecule has 6 heterocycles. The van der Waals surface area contributed by atoms with E-state index in [9.17, 15) is 30.0 Å². The van der Waals surface area contributed by atoms with Crippen LogP contribution >= 0.6 is 0 Å². The molecule has 3 aromatic rings. The molecule has 2 amide bonds. The molecular weight excluding hydrogens is 825 g/mol. The predicted molar refractivity (Wildman–Crippen MR) is 238 cm³/mol. The number of aryl methyl sites for hydroxylation is 1. The number of methoxy groups -OCH3 is 1. The van der Waals surface area contributed by atoms with Crippen molar-refractivity contribution in [2.75, 3.05) is 81.7 Å². The SMILES string of the molecule is CCc1nc(C(N)=O)c(Nc2ccc(N3CCC(N4CCN(C(=O)CCCOc5cccc6c5C(O)N(C5CCC(O)NC5O)C6O)CC4)CC3)c(OC)c2)nc1NC1CCOCC1. The normalized spacial score (nSPS) is 24.9. The summed E-state index contributed by atoms with van der Waals surface area (Å²) in [5, 5.41) is 52.2. The van der Waals surface area contributed by atoms with Gasteiger partial charge in [-0.3, -0.25) is 19.8 Å². The van der Waals surface area contributed by atoms with Gasteiger partial charge >= 0.3 is 0 Å². The van der Waals surface area contributed by atoms with Crippen molar-refractivity contribution in [1.82, 2.24) is 30.0 Å². The zero-order valence-corrected chi connectivity index (χ0v) is 36.8. The van der Waals surface area contributed by atoms with Crippen LogP contribution in [0.1, 0.15) is 98.1 Å². The number of carbonyl (C=O) groups excluding carboxylic acids is 2. The Morgan fingerprint density at radius 2 is 1.67 bits per heavy atom. The minimum Gasteiger partial charge on any atom is -0.495 e. The lowest BCUT2D eigenvalue weighted by Crippen LogP contribution is -2.57. The Bertz CT molecular complexity index is 2090. The number of nitrogens with one attached hydrogen (secondary N) is 3. The van der Waals surface area contributed by atoms with Crippen molar-refractivity contribution in [3.63, 3.8) is 0 Å². The van der Waals surface area contributed by atoms with Crippen LogP contribution in [0.2, 0.25) is 0 Å². The summed E-state index contributed by atoms with van der Waals surface area (Å²) in [7, 11) is 1.65. The lowest BCUT2D eigenvalue weighted by Gasteiger charge is -2.43. The average Bonchev–Trinajstić information content (AvgIpc) is 3.56. The Hall–Kier alpha value is -4.86. The third-order valence-electron chi connectivity index (χ3n) is 13.4. The molecule has 1 aromatic heterocycles. The van der Waals surface area contributed by atoms with Crippen LogP contribution in [0.3, 0.4) is 0 Å². The lowest BCUT2D eigenvalue weighted by molar-refractivity contribution is -0.159. The highest BCUT2D eigenvalue weighted by Crippen LogP contribution is 2.46. The Balaban J connectivity index is 0.793. The zero-order chi connectivity index (χ0) is 44.9. The van der Waals surface area contributed by atoms with Crippen LogP contribution in [-0.4, -0.2) is 154 Å². The highest BCUT2D eigenvalue weighted by molar-refractivity contribution is 5.96. The molecule has 0 spiro atoms. The van der Waals surface area contributed by atoms with E-state index >= 15 is 0 Å². The number of primary amides is 1. The molecule has 64 heavy (non-hydrogen) atoms. The van der Waals surface area contributed by atoms with Gasteiger partial charge in [-0.15, -0.1) is 0 Å². The van der Waals surface area contributed by atoms with Gasteiger partial charge in [-0.25, -0.2) is 14.9 Å². The van der Waals surface area contributed by atoms with Crippen molar-refractivity contribution in [2.24, 2.45) is 5.73 Å². The number of anilines is 4. The van der Waals surface area contributed by atoms with Crippen molar-refractivity contribution in [3.05, 3.63) is 58.9 Å². The Labute approximate surface area is 373 Å². The summed E-state index contributed by atoms with van der Waals surface area (Å²) in [5.41, 5.74) is 9.17. The van der Waals surface area contributed by atoms with Gasteiger partial charge in [0.05, 0.1) is 31.1 Å². The van der Waals surface area contributed by atoms with Gasteiger partial charge in [0, 0.05) is 93.9 Å². The van der Waals surface area contributed by atoms with E-state index in [0.717, 1.165) is 57.5 Å². The van der Waals surface area contributed by atoms with Gasteiger partial charge in [0.2, 0.25) is 5.91 Å². The summed E-state index contributed by atoms with van der Waals surface area (Å²) in [6.45, 7) is 8.28. The second kappa shape index (κ2) is 20.5. The number of hydrogen-bond donors (Lipinski definition) is 8. The van der Waals surface area contributed by atoms with Gasteiger partial charge in [0.15, 0.2) is 17.3 Å². The van der Waals surface area contributed by atoms with Crippen LogP contribution in [0.4, 0.5) is 23.0 Å². The number of rotatable bonds is 15. The van der Waals surface area contributed by atoms with Crippen molar-refractivity contribution < 1.29 is 44.2 Å². The van der Waals surface area contributed by atoms with Crippen LogP contribution in [0.25, 0.3) is 0 Å². The number of ether oxygens (including phenoxy) is 3. The number of carbonyl (C=O) groups is 2. The lowest BCUT2D eigenvalue weighted by atomic mass is 10.0. The van der Waals surface area contributed by atoms with Gasteiger partial charge < -0.3 is 60.8 Å². The van der Waals surface area contributed by atoms with E-state index in [1.807, 2.05) is 30.0 Å². The first kappa shape index (κ1) is 45.7. The molecule has 19 nitrogen and oxygen atoms in total. The molecule has 0 bridgehead atoms. The number of aromatic nitrogens is 2. The molecule has 5 atom stereocenters. The molecule has 348 valence electrons. The zero-order valence-electron chi connectivity index (χ0n) is 36.8. The number of amides is 2. The highest BCUT2D eigenvalue weighted by Gasteiger charge is 2.46. The fourth-order valence-electron chi connectivity index (χ4n) is 9.84. The summed E-state index contributed by atoms with van der Waals surface area (Å²) in [5.74, 6) is 1.48. The number of aliphatic hydroxyl groups excluding tert-OH is 4. The second-order valence-corrected chi connectivity index (χ2v) is 17.3. The first-order chi connectivity index (χ1) is 31.0. The third-order valence-corrected chi connectivity index (χ3v) is 13.4. The van der Waals surface area contributed by atoms with E-state index in [2.05, 4.69) is 30.7 Å². The van der Waals surface area contributed by atoms with E-state index in [-0.39, 0.29) is 30.1 Å². The van der Waals surface area contributed by atoms with E-state index in [1.54, 1.807) is 25.3 Å². The van der Waals surface area contributed by atoms with E-state index in [0.29, 0.717) is 104 Å². The molecule has 4 saturated heterocycles. The van der Waals surface area contributed by atoms with Crippen molar-refractivity contribution in [2.45, 2.75) is 108 Å². The molecular formula is C45H64N10O9. The first-order valence-electron chi connectivity index (χ1n) is 22.8. The first-order valence-corrected chi connectivity index (χ1v) is 22.8. The van der Waals surface area contributed by atoms with Gasteiger partial charge in [-0.2, -0.15) is 0 Å². The third kappa shape index (κ3) is 10.0. The van der Waals surface area contributed by atoms with Crippen LogP contribution in [0.5, 0.6) is 11.5 Å². The van der Waals surface area contributed by atoms with E-state index < -0.39 is 36.9 Å². The largest absolute Gasteiger partial charge is 0.495 e. The smallest absolute Gasteiger partial charge is 0.271 e. The van der Waals surface area contributed by atoms with Crippen molar-refractivity contribution in [3.8, 4) is 11.5 Å². The van der Waals surface area contributed by atoms with Gasteiger partial charge in [0.25, 0.3) is 5.91 Å². The molecule has 0 saturated carbocycles. The topological polar surface area (TPSA) is 244 Å². The maximum atomic E-state index is 13.3. The molecule has 5 aliphatic heterocycles. The molecule has 2 aromatic carbocycles. The molecule has 5 aliphatic rings. The van der Waals surface area contributed by atoms with E-state index in [1.165, 1.54) is 4.90 Å². The molecule has 4 fully saturated rings. The molecule has 9 N–H and O–H groups in total. The van der Waals surface area contributed by atoms with Gasteiger partial charge in [-0.1, -0.05) is 19.1 Å². The second-order valence-electron chi connectivity index (χ2n) is 17.3. The average molecular weight is 889 g/mol. The standard InChI is InChI=1S/C45H64N10O9/c1-3-31-41(47-27-15-24-63-25-16-27)51-42(39(49-31)40(46)58)48-28-9-10-32(35(26-28)62-2)53-17-13-29(14-18-53)52-19-21-54(22-20-52)37(57)8-5-23-64-34-7-4-6-30-38(34)45(61)55(44(30)60)33-11-12-36(56)50-43(33)59/h4,6-7,9-10,26-27,29,33,36,43-45,50,56,59-61H,3,5,8,11-25H2,1-2H3,(H2,46,58)(H2,47,48,51). The van der Waals surface area contributed by atoms with E-state index in [4.69, 9.17) is 24.9 Å². The number of piperidine rings is 2. The number of piperazine rings is 1. The van der Waals surface area contributed by atoms with Gasteiger partial charge in [0.1, 0.15) is 36.4 Å². The van der Waals surface area contributed by atoms with Gasteiger partial charge in [-0.05, 0) is 69.6 Å². The fraction of sp³-hybridized carbons (Fsp3) is 0.600. The molecule has 19 heteroatoms. The minimum atomic E-state index is -1.20. The Kier molecular flexibility index (Phi) is 14.7. The van der Waals surface area contributed by atoms with Crippen molar-refractivity contribution in [1.29, 1.82) is 0 Å². The summed E-state index contributed by atoms with van der Waals surface area (Å²) in [6.07, 6.45) is 1.56. The number of aliphatic hydroxyl groups is 4. The molecule has 0 radical (unpaired) electrons. The maximum Gasteiger partial charge on any atom is 0.271 e. The number of fused-ring (bicyclic) bond motifs is 1. The highest BCUT2D eigenvalue weighted by atomic mass is 16.5. The summed E-state index contributed by atoms with van der Waals surface area (Å²) >= 11 is 0. The summed E-state index contributed by atoms with van der Waals surface area (Å²) < 4.78 is 17.5. The monoisotopic (exact) mass is 888 g/mol. The minimum absolute atomic E-state index is 0.0819. The Morgan fingerprint density at radius 1 is 0.906 bits per heavy atom. The fourth-order valence-corrected chi connectivity index (χ4v) is 9.84. The summed E-state index contributed by atoms with van der Waals surface area (Å²) in [4.78, 5) is 43.4. The predicted octanol–water partition coefficient (Wildman–Crippen LogP) is 2.14. The number of benzene rings is 2. The Morgan fingerprint density at radius 3 is 2.38 bits per heavy atom. The maximum absolute atomic E-state index is 13.3. The number of hydrogen-bond acceptors (Lipinski definition) is 17. The van der Waals surface area contributed by atoms with Crippen LogP contribution < -0.4 is 36.1 Å². The van der Waals surface area contributed by atoms with Crippen LogP contribution in [0.15, 0.2) is 36.4 Å².